The molecule has 0 unspecified atom stereocenters. The highest BCUT2D eigenvalue weighted by atomic mass is 35.5. The van der Waals surface area contributed by atoms with Crippen molar-refractivity contribution in [3.63, 3.8) is 0 Å². The van der Waals surface area contributed by atoms with Crippen LogP contribution in [0.25, 0.3) is 11.0 Å². The van der Waals surface area contributed by atoms with Crippen molar-refractivity contribution in [2.75, 3.05) is 5.32 Å². The second-order valence-corrected chi connectivity index (χ2v) is 8.60. The number of nitrogens with one attached hydrogen (secondary N) is 1. The van der Waals surface area contributed by atoms with Crippen LogP contribution in [0, 0.1) is 13.8 Å². The van der Waals surface area contributed by atoms with Gasteiger partial charge in [-0.15, -0.1) is 0 Å². The highest BCUT2D eigenvalue weighted by molar-refractivity contribution is 6.31. The molecular formula is C25H26ClN5O3. The summed E-state index contributed by atoms with van der Waals surface area (Å²) in [7, 11) is 0. The Morgan fingerprint density at radius 1 is 1.03 bits per heavy atom. The molecule has 0 aliphatic rings. The van der Waals surface area contributed by atoms with Gasteiger partial charge in [-0.2, -0.15) is 5.10 Å². The number of amides is 1. The van der Waals surface area contributed by atoms with Crippen LogP contribution in [0.1, 0.15) is 23.7 Å². The molecular weight excluding hydrogens is 454 g/mol. The molecule has 4 aromatic rings. The Morgan fingerprint density at radius 3 is 2.47 bits per heavy atom. The molecule has 1 amide bonds. The molecule has 9 heteroatoms. The van der Waals surface area contributed by atoms with Gasteiger partial charge in [0.1, 0.15) is 12.1 Å². The third-order valence-corrected chi connectivity index (χ3v) is 6.05. The average Bonchev–Trinajstić information content (AvgIpc) is 3.16. The standard InChI is InChI=1S/C25H26ClN5O3/c1-4-31-23-22(17(3)28-31)30(15-21(32)27-20-14-19(26)11-10-16(20)2)25(34)29(24(23)33)13-12-18-8-6-5-7-9-18/h5-11,14H,4,12-13,15H2,1-3H3,(H,27,32). The molecule has 0 spiro atoms. The van der Waals surface area contributed by atoms with Crippen molar-refractivity contribution in [2.45, 2.75) is 46.8 Å². The molecule has 8 nitrogen and oxygen atoms in total. The summed E-state index contributed by atoms with van der Waals surface area (Å²) >= 11 is 6.07. The lowest BCUT2D eigenvalue weighted by molar-refractivity contribution is -0.116. The van der Waals surface area contributed by atoms with Crippen LogP contribution in [0.15, 0.2) is 58.1 Å². The number of rotatable bonds is 7. The fourth-order valence-electron chi connectivity index (χ4n) is 4.08. The van der Waals surface area contributed by atoms with Crippen LogP contribution in [0.5, 0.6) is 0 Å². The van der Waals surface area contributed by atoms with E-state index in [4.69, 9.17) is 11.6 Å². The zero-order valence-corrected chi connectivity index (χ0v) is 20.1. The van der Waals surface area contributed by atoms with E-state index in [2.05, 4.69) is 10.4 Å². The van der Waals surface area contributed by atoms with Crippen LogP contribution in [0.4, 0.5) is 5.69 Å². The predicted octanol–water partition coefficient (Wildman–Crippen LogP) is 3.53. The summed E-state index contributed by atoms with van der Waals surface area (Å²) < 4.78 is 4.12. The molecule has 0 bridgehead atoms. The van der Waals surface area contributed by atoms with Gasteiger partial charge >= 0.3 is 5.69 Å². The van der Waals surface area contributed by atoms with Crippen molar-refractivity contribution in [1.82, 2.24) is 18.9 Å². The van der Waals surface area contributed by atoms with Crippen molar-refractivity contribution >= 4 is 34.2 Å². The number of anilines is 1. The van der Waals surface area contributed by atoms with E-state index >= 15 is 0 Å². The molecule has 0 aliphatic carbocycles. The van der Waals surface area contributed by atoms with E-state index in [0.717, 1.165) is 11.1 Å². The molecule has 176 valence electrons. The fraction of sp³-hybridized carbons (Fsp3) is 0.280. The summed E-state index contributed by atoms with van der Waals surface area (Å²) in [5.74, 6) is -0.398. The highest BCUT2D eigenvalue weighted by Crippen LogP contribution is 2.20. The quantitative estimate of drug-likeness (QED) is 0.439. The number of aryl methyl sites for hydroxylation is 4. The second-order valence-electron chi connectivity index (χ2n) is 8.17. The van der Waals surface area contributed by atoms with Gasteiger partial charge in [0.15, 0.2) is 5.52 Å². The van der Waals surface area contributed by atoms with Gasteiger partial charge in [-0.3, -0.25) is 23.4 Å². The third kappa shape index (κ3) is 4.54. The van der Waals surface area contributed by atoms with Crippen molar-refractivity contribution in [2.24, 2.45) is 0 Å². The summed E-state index contributed by atoms with van der Waals surface area (Å²) in [5.41, 5.74) is 2.71. The van der Waals surface area contributed by atoms with Crippen LogP contribution in [0.3, 0.4) is 0 Å². The maximum absolute atomic E-state index is 13.5. The number of benzene rings is 2. The molecule has 0 fully saturated rings. The molecule has 4 rings (SSSR count). The predicted molar refractivity (Wildman–Crippen MR) is 134 cm³/mol. The van der Waals surface area contributed by atoms with Gasteiger partial charge in [0.25, 0.3) is 5.56 Å². The van der Waals surface area contributed by atoms with Gasteiger partial charge in [0.2, 0.25) is 5.91 Å². The normalized spacial score (nSPS) is 11.2. The van der Waals surface area contributed by atoms with E-state index in [0.29, 0.717) is 40.4 Å². The van der Waals surface area contributed by atoms with Gasteiger partial charge < -0.3 is 5.32 Å². The lowest BCUT2D eigenvalue weighted by Gasteiger charge is -2.14. The summed E-state index contributed by atoms with van der Waals surface area (Å²) in [6, 6.07) is 14.8. The number of nitrogens with zero attached hydrogens (tertiary/aromatic N) is 4. The third-order valence-electron chi connectivity index (χ3n) is 5.82. The number of hydrogen-bond donors (Lipinski definition) is 1. The van der Waals surface area contributed by atoms with Crippen LogP contribution >= 0.6 is 11.6 Å². The molecule has 0 radical (unpaired) electrons. The first-order valence-electron chi connectivity index (χ1n) is 11.1. The van der Waals surface area contributed by atoms with E-state index < -0.39 is 17.2 Å². The van der Waals surface area contributed by atoms with Gasteiger partial charge in [0, 0.05) is 23.8 Å². The minimum atomic E-state index is -0.537. The topological polar surface area (TPSA) is 90.9 Å². The number of carbonyl (C=O) groups excluding carboxylic acids is 1. The van der Waals surface area contributed by atoms with Crippen molar-refractivity contribution in [1.29, 1.82) is 0 Å². The van der Waals surface area contributed by atoms with Crippen LogP contribution in [0.2, 0.25) is 5.02 Å². The molecule has 1 N–H and O–H groups in total. The molecule has 34 heavy (non-hydrogen) atoms. The number of halogens is 1. The SMILES string of the molecule is CCn1nc(C)c2c1c(=O)n(CCc1ccccc1)c(=O)n2CC(=O)Nc1cc(Cl)ccc1C. The Balaban J connectivity index is 1.77. The maximum Gasteiger partial charge on any atom is 0.332 e. The van der Waals surface area contributed by atoms with Gasteiger partial charge in [-0.05, 0) is 50.5 Å². The molecule has 2 aromatic heterocycles. The first-order valence-corrected chi connectivity index (χ1v) is 11.5. The van der Waals surface area contributed by atoms with Gasteiger partial charge in [-0.25, -0.2) is 4.79 Å². The number of aromatic nitrogens is 4. The number of carbonyl (C=O) groups is 1. The highest BCUT2D eigenvalue weighted by Gasteiger charge is 2.21. The molecule has 2 aromatic carbocycles. The van der Waals surface area contributed by atoms with E-state index in [1.807, 2.05) is 50.2 Å². The zero-order valence-electron chi connectivity index (χ0n) is 19.3. The van der Waals surface area contributed by atoms with E-state index in [1.165, 1.54) is 9.13 Å². The average molecular weight is 480 g/mol. The van der Waals surface area contributed by atoms with Crippen molar-refractivity contribution in [3.05, 3.63) is 91.2 Å². The Hall–Kier alpha value is -3.65. The van der Waals surface area contributed by atoms with Crippen molar-refractivity contribution < 1.29 is 4.79 Å². The van der Waals surface area contributed by atoms with E-state index in [-0.39, 0.29) is 13.1 Å². The van der Waals surface area contributed by atoms with Crippen molar-refractivity contribution in [3.8, 4) is 0 Å². The van der Waals surface area contributed by atoms with Crippen LogP contribution < -0.4 is 16.6 Å². The lowest BCUT2D eigenvalue weighted by atomic mass is 10.1. The van der Waals surface area contributed by atoms with E-state index in [1.54, 1.807) is 23.7 Å². The Morgan fingerprint density at radius 2 is 1.76 bits per heavy atom. The van der Waals surface area contributed by atoms with Gasteiger partial charge in [-0.1, -0.05) is 48.0 Å². The Labute approximate surface area is 201 Å². The van der Waals surface area contributed by atoms with E-state index in [9.17, 15) is 14.4 Å². The number of hydrogen-bond acceptors (Lipinski definition) is 4. The summed E-state index contributed by atoms with van der Waals surface area (Å²) in [6.07, 6.45) is 0.509. The molecule has 2 heterocycles. The van der Waals surface area contributed by atoms with Gasteiger partial charge in [0.05, 0.1) is 5.69 Å². The van der Waals surface area contributed by atoms with Crippen LogP contribution in [-0.2, 0) is 30.8 Å². The summed E-state index contributed by atoms with van der Waals surface area (Å²) in [4.78, 5) is 39.8. The summed E-state index contributed by atoms with van der Waals surface area (Å²) in [5, 5.41) is 7.76. The fourth-order valence-corrected chi connectivity index (χ4v) is 4.26. The van der Waals surface area contributed by atoms with Crippen LogP contribution in [-0.4, -0.2) is 24.8 Å². The minimum absolute atomic E-state index is 0.195. The minimum Gasteiger partial charge on any atom is -0.324 e. The molecule has 0 saturated heterocycles. The first kappa shape index (κ1) is 23.5. The Kier molecular flexibility index (Phi) is 6.70. The second kappa shape index (κ2) is 9.69. The largest absolute Gasteiger partial charge is 0.332 e. The summed E-state index contributed by atoms with van der Waals surface area (Å²) in [6.45, 7) is 5.87. The smallest absolute Gasteiger partial charge is 0.324 e. The first-order chi connectivity index (χ1) is 16.3. The molecule has 0 aliphatic heterocycles. The number of fused-ring (bicyclic) bond motifs is 1. The monoisotopic (exact) mass is 479 g/mol. The Bertz CT molecular complexity index is 1480. The zero-order chi connectivity index (χ0) is 24.4. The lowest BCUT2D eigenvalue weighted by Crippen LogP contribution is -2.42. The molecule has 0 saturated carbocycles. The molecule has 0 atom stereocenters. The maximum atomic E-state index is 13.5.